The molecule has 0 unspecified atom stereocenters. The molecule has 0 atom stereocenters. The molecule has 0 radical (unpaired) electrons. The molecule has 0 bridgehead atoms. The summed E-state index contributed by atoms with van der Waals surface area (Å²) in [7, 11) is 1.45. The zero-order chi connectivity index (χ0) is 7.56. The van der Waals surface area contributed by atoms with Crippen molar-refractivity contribution < 1.29 is 8.78 Å². The Morgan fingerprint density at radius 2 is 1.80 bits per heavy atom. The first-order valence-electron chi connectivity index (χ1n) is 2.72. The zero-order valence-corrected chi connectivity index (χ0v) is 5.36. The zero-order valence-electron chi connectivity index (χ0n) is 5.36. The van der Waals surface area contributed by atoms with Gasteiger partial charge in [-0.15, -0.1) is 0 Å². The second kappa shape index (κ2) is 2.60. The van der Waals surface area contributed by atoms with Crippen LogP contribution in [-0.2, 0) is 0 Å². The van der Waals surface area contributed by atoms with E-state index in [1.54, 1.807) is 0 Å². The Morgan fingerprint density at radius 1 is 1.30 bits per heavy atom. The lowest BCUT2D eigenvalue weighted by Crippen LogP contribution is -1.96. The van der Waals surface area contributed by atoms with Crippen LogP contribution in [-0.4, -0.2) is 12.0 Å². The van der Waals surface area contributed by atoms with Crippen molar-refractivity contribution in [2.75, 3.05) is 12.4 Å². The Balaban J connectivity index is 3.17. The fourth-order valence-electron chi connectivity index (χ4n) is 0.650. The number of anilines is 1. The van der Waals surface area contributed by atoms with Crippen molar-refractivity contribution in [3.8, 4) is 0 Å². The third-order valence-corrected chi connectivity index (χ3v) is 1.10. The SMILES string of the molecule is CNc1c(F)cncc1F. The Bertz CT molecular complexity index is 217. The summed E-state index contributed by atoms with van der Waals surface area (Å²) < 4.78 is 25.0. The fraction of sp³-hybridized carbons (Fsp3) is 0.167. The van der Waals surface area contributed by atoms with Crippen LogP contribution in [0.1, 0.15) is 0 Å². The second-order valence-electron chi connectivity index (χ2n) is 1.73. The van der Waals surface area contributed by atoms with Gasteiger partial charge in [0.25, 0.3) is 0 Å². The molecule has 0 aliphatic rings. The van der Waals surface area contributed by atoms with Crippen LogP contribution in [0, 0.1) is 11.6 Å². The lowest BCUT2D eigenvalue weighted by Gasteiger charge is -2.00. The van der Waals surface area contributed by atoms with Gasteiger partial charge in [0.15, 0.2) is 11.6 Å². The molecule has 1 N–H and O–H groups in total. The number of hydrogen-bond acceptors (Lipinski definition) is 2. The summed E-state index contributed by atoms with van der Waals surface area (Å²) in [6.07, 6.45) is 1.91. The van der Waals surface area contributed by atoms with E-state index in [0.29, 0.717) is 0 Å². The van der Waals surface area contributed by atoms with Crippen LogP contribution < -0.4 is 5.32 Å². The number of aromatic nitrogens is 1. The van der Waals surface area contributed by atoms with Gasteiger partial charge in [-0.25, -0.2) is 8.78 Å². The van der Waals surface area contributed by atoms with E-state index in [1.807, 2.05) is 0 Å². The first-order valence-corrected chi connectivity index (χ1v) is 2.72. The van der Waals surface area contributed by atoms with E-state index in [-0.39, 0.29) is 5.69 Å². The smallest absolute Gasteiger partial charge is 0.167 e. The Morgan fingerprint density at radius 3 is 2.10 bits per heavy atom. The van der Waals surface area contributed by atoms with E-state index in [0.717, 1.165) is 12.4 Å². The molecule has 0 aromatic carbocycles. The summed E-state index contributed by atoms with van der Waals surface area (Å²) in [5, 5.41) is 2.37. The highest BCUT2D eigenvalue weighted by molar-refractivity contribution is 5.43. The topological polar surface area (TPSA) is 24.9 Å². The maximum Gasteiger partial charge on any atom is 0.167 e. The minimum Gasteiger partial charge on any atom is -0.383 e. The summed E-state index contributed by atoms with van der Waals surface area (Å²) in [6.45, 7) is 0. The Hall–Kier alpha value is -1.19. The molecule has 1 aromatic rings. The van der Waals surface area contributed by atoms with E-state index < -0.39 is 11.6 Å². The first kappa shape index (κ1) is 6.92. The summed E-state index contributed by atoms with van der Waals surface area (Å²) in [4.78, 5) is 3.30. The van der Waals surface area contributed by atoms with E-state index >= 15 is 0 Å². The highest BCUT2D eigenvalue weighted by Gasteiger charge is 2.04. The van der Waals surface area contributed by atoms with Gasteiger partial charge in [-0.2, -0.15) is 0 Å². The average molecular weight is 144 g/mol. The van der Waals surface area contributed by atoms with Gasteiger partial charge < -0.3 is 5.32 Å². The summed E-state index contributed by atoms with van der Waals surface area (Å²) in [6, 6.07) is 0. The van der Waals surface area contributed by atoms with Crippen LogP contribution in [0.5, 0.6) is 0 Å². The van der Waals surface area contributed by atoms with Crippen molar-refractivity contribution in [1.29, 1.82) is 0 Å². The van der Waals surface area contributed by atoms with Crippen molar-refractivity contribution in [3.63, 3.8) is 0 Å². The van der Waals surface area contributed by atoms with E-state index in [1.165, 1.54) is 7.05 Å². The predicted octanol–water partition coefficient (Wildman–Crippen LogP) is 1.40. The van der Waals surface area contributed by atoms with Gasteiger partial charge in [0.1, 0.15) is 5.69 Å². The number of nitrogens with one attached hydrogen (secondary N) is 1. The van der Waals surface area contributed by atoms with Gasteiger partial charge in [-0.1, -0.05) is 0 Å². The van der Waals surface area contributed by atoms with Crippen LogP contribution in [0.4, 0.5) is 14.5 Å². The van der Waals surface area contributed by atoms with Crippen molar-refractivity contribution in [1.82, 2.24) is 4.98 Å². The molecule has 54 valence electrons. The fourth-order valence-corrected chi connectivity index (χ4v) is 0.650. The molecule has 1 rings (SSSR count). The molecule has 0 saturated heterocycles. The molecule has 0 aliphatic heterocycles. The van der Waals surface area contributed by atoms with Gasteiger partial charge in [-0.05, 0) is 0 Å². The third kappa shape index (κ3) is 1.05. The molecule has 0 spiro atoms. The molecule has 0 amide bonds. The molecule has 1 heterocycles. The van der Waals surface area contributed by atoms with Crippen LogP contribution in [0.2, 0.25) is 0 Å². The van der Waals surface area contributed by atoms with Crippen LogP contribution in [0.15, 0.2) is 12.4 Å². The molecule has 1 aromatic heterocycles. The molecule has 4 heteroatoms. The molecule has 0 saturated carbocycles. The van der Waals surface area contributed by atoms with Crippen molar-refractivity contribution in [2.24, 2.45) is 0 Å². The summed E-state index contributed by atoms with van der Waals surface area (Å²) >= 11 is 0. The highest BCUT2D eigenvalue weighted by Crippen LogP contribution is 2.14. The van der Waals surface area contributed by atoms with Crippen molar-refractivity contribution >= 4 is 5.69 Å². The molecule has 0 aliphatic carbocycles. The second-order valence-corrected chi connectivity index (χ2v) is 1.73. The molecule has 2 nitrogen and oxygen atoms in total. The normalized spacial score (nSPS) is 9.50. The lowest BCUT2D eigenvalue weighted by atomic mass is 10.4. The lowest BCUT2D eigenvalue weighted by molar-refractivity contribution is 0.580. The van der Waals surface area contributed by atoms with Crippen molar-refractivity contribution in [2.45, 2.75) is 0 Å². The monoisotopic (exact) mass is 144 g/mol. The van der Waals surface area contributed by atoms with Gasteiger partial charge in [0.2, 0.25) is 0 Å². The molecular formula is C6H6F2N2. The third-order valence-electron chi connectivity index (χ3n) is 1.10. The molecular weight excluding hydrogens is 138 g/mol. The maximum atomic E-state index is 12.5. The molecule has 0 fully saturated rings. The van der Waals surface area contributed by atoms with Crippen LogP contribution >= 0.6 is 0 Å². The first-order chi connectivity index (χ1) is 4.75. The van der Waals surface area contributed by atoms with Crippen LogP contribution in [0.3, 0.4) is 0 Å². The number of halogens is 2. The van der Waals surface area contributed by atoms with Gasteiger partial charge >= 0.3 is 0 Å². The van der Waals surface area contributed by atoms with Crippen LogP contribution in [0.25, 0.3) is 0 Å². The number of nitrogens with zero attached hydrogens (tertiary/aromatic N) is 1. The van der Waals surface area contributed by atoms with Gasteiger partial charge in [0.05, 0.1) is 12.4 Å². The highest BCUT2D eigenvalue weighted by atomic mass is 19.1. The maximum absolute atomic E-state index is 12.5. The Kier molecular flexibility index (Phi) is 1.80. The number of pyridine rings is 1. The largest absolute Gasteiger partial charge is 0.383 e. The number of rotatable bonds is 1. The van der Waals surface area contributed by atoms with E-state index in [9.17, 15) is 8.78 Å². The van der Waals surface area contributed by atoms with Crippen molar-refractivity contribution in [3.05, 3.63) is 24.0 Å². The van der Waals surface area contributed by atoms with E-state index in [4.69, 9.17) is 0 Å². The van der Waals surface area contributed by atoms with Gasteiger partial charge in [0, 0.05) is 7.05 Å². The predicted molar refractivity (Wildman–Crippen MR) is 33.7 cm³/mol. The quantitative estimate of drug-likeness (QED) is 0.644. The number of hydrogen-bond donors (Lipinski definition) is 1. The minimum absolute atomic E-state index is 0.144. The summed E-state index contributed by atoms with van der Waals surface area (Å²) in [5.74, 6) is -1.36. The van der Waals surface area contributed by atoms with Gasteiger partial charge in [-0.3, -0.25) is 4.98 Å². The molecule has 10 heavy (non-hydrogen) atoms. The minimum atomic E-state index is -0.678. The summed E-state index contributed by atoms with van der Waals surface area (Å²) in [5.41, 5.74) is -0.144. The standard InChI is InChI=1S/C6H6F2N2/c1-9-6-4(7)2-10-3-5(6)8/h2-3H,1H3,(H,9,10). The average Bonchev–Trinajstić information content (AvgIpc) is 1.88. The Labute approximate surface area is 56.9 Å². The van der Waals surface area contributed by atoms with E-state index in [2.05, 4.69) is 10.3 Å².